The van der Waals surface area contributed by atoms with Crippen molar-refractivity contribution in [2.45, 2.75) is 70.3 Å². The average molecular weight is 326 g/mol. The van der Waals surface area contributed by atoms with Crippen LogP contribution in [0.3, 0.4) is 0 Å². The number of nitrogens with two attached hydrogens (primary N) is 1. The first-order valence-electron chi connectivity index (χ1n) is 8.88. The van der Waals surface area contributed by atoms with E-state index in [2.05, 4.69) is 36.5 Å². The van der Waals surface area contributed by atoms with Crippen LogP contribution in [0.5, 0.6) is 0 Å². The van der Waals surface area contributed by atoms with Gasteiger partial charge in [0.2, 0.25) is 0 Å². The van der Waals surface area contributed by atoms with Crippen molar-refractivity contribution in [1.29, 1.82) is 0 Å². The van der Waals surface area contributed by atoms with Crippen molar-refractivity contribution < 1.29 is 22.8 Å². The highest BCUT2D eigenvalue weighted by molar-refractivity contribution is 5.26. The molecule has 1 aliphatic rings. The van der Waals surface area contributed by atoms with Crippen molar-refractivity contribution in [3.8, 4) is 0 Å². The third kappa shape index (κ3) is 5.91. The number of aryl methyl sites for hydroxylation is 1. The molecule has 126 valence electrons. The molecule has 3 heteroatoms. The second-order valence-electron chi connectivity index (χ2n) is 6.53. The van der Waals surface area contributed by atoms with Gasteiger partial charge in [-0.15, -0.1) is 0 Å². The molecular weight excluding hydrogens is 294 g/mol. The first-order valence-corrected chi connectivity index (χ1v) is 8.88. The van der Waals surface area contributed by atoms with Crippen LogP contribution in [0.1, 0.15) is 68.9 Å². The third-order valence-corrected chi connectivity index (χ3v) is 4.90. The molecule has 1 saturated heterocycles. The van der Waals surface area contributed by atoms with Crippen molar-refractivity contribution in [2.75, 3.05) is 13.2 Å². The van der Waals surface area contributed by atoms with E-state index in [1.807, 2.05) is 0 Å². The largest absolute Gasteiger partial charge is 1.00 e. The highest BCUT2D eigenvalue weighted by atomic mass is 35.5. The molecule has 0 spiro atoms. The van der Waals surface area contributed by atoms with Crippen LogP contribution in [-0.4, -0.2) is 24.3 Å². The van der Waals surface area contributed by atoms with Crippen LogP contribution in [0, 0.1) is 0 Å². The zero-order valence-corrected chi connectivity index (χ0v) is 14.7. The summed E-state index contributed by atoms with van der Waals surface area (Å²) in [6.45, 7) is 3.71. The van der Waals surface area contributed by atoms with Crippen LogP contribution in [0.2, 0.25) is 0 Å². The summed E-state index contributed by atoms with van der Waals surface area (Å²) in [6, 6.07) is 9.55. The molecule has 1 aromatic rings. The highest BCUT2D eigenvalue weighted by Gasteiger charge is 2.31. The SMILES string of the molecule is CCCCCCCCc1ccc([C@H]2CC[NH2+][C@@H]2CO)cc1.[Cl-]. The minimum Gasteiger partial charge on any atom is -1.00 e. The number of halogens is 1. The van der Waals surface area contributed by atoms with E-state index in [1.54, 1.807) is 0 Å². The lowest BCUT2D eigenvalue weighted by Gasteiger charge is -2.14. The van der Waals surface area contributed by atoms with E-state index in [0.29, 0.717) is 18.6 Å². The monoisotopic (exact) mass is 325 g/mol. The summed E-state index contributed by atoms with van der Waals surface area (Å²) in [6.07, 6.45) is 10.6. The van der Waals surface area contributed by atoms with Gasteiger partial charge in [0.05, 0.1) is 13.2 Å². The maximum atomic E-state index is 9.43. The van der Waals surface area contributed by atoms with Gasteiger partial charge in [0.25, 0.3) is 0 Å². The molecule has 0 bridgehead atoms. The van der Waals surface area contributed by atoms with Gasteiger partial charge in [-0.3, -0.25) is 0 Å². The highest BCUT2D eigenvalue weighted by Crippen LogP contribution is 2.24. The lowest BCUT2D eigenvalue weighted by atomic mass is 9.91. The summed E-state index contributed by atoms with van der Waals surface area (Å²) in [5.74, 6) is 0.540. The molecule has 0 aliphatic carbocycles. The molecule has 2 atom stereocenters. The zero-order valence-electron chi connectivity index (χ0n) is 13.9. The topological polar surface area (TPSA) is 36.8 Å². The molecule has 0 radical (unpaired) electrons. The number of hydrogen-bond acceptors (Lipinski definition) is 1. The number of benzene rings is 1. The number of aliphatic hydroxyl groups is 1. The van der Waals surface area contributed by atoms with Crippen molar-refractivity contribution in [3.63, 3.8) is 0 Å². The smallest absolute Gasteiger partial charge is 0.116 e. The van der Waals surface area contributed by atoms with Crippen LogP contribution in [0.15, 0.2) is 24.3 Å². The number of rotatable bonds is 9. The molecule has 1 aliphatic heterocycles. The maximum absolute atomic E-state index is 9.43. The number of unbranched alkanes of at least 4 members (excludes halogenated alkanes) is 5. The third-order valence-electron chi connectivity index (χ3n) is 4.90. The van der Waals surface area contributed by atoms with Crippen molar-refractivity contribution >= 4 is 0 Å². The predicted octanol–water partition coefficient (Wildman–Crippen LogP) is 0.00520. The van der Waals surface area contributed by atoms with Gasteiger partial charge >= 0.3 is 0 Å². The van der Waals surface area contributed by atoms with E-state index in [9.17, 15) is 5.11 Å². The lowest BCUT2D eigenvalue weighted by molar-refractivity contribution is -0.672. The van der Waals surface area contributed by atoms with Crippen LogP contribution >= 0.6 is 0 Å². The molecule has 1 aromatic carbocycles. The average Bonchev–Trinajstić information content (AvgIpc) is 3.00. The minimum atomic E-state index is 0. The summed E-state index contributed by atoms with van der Waals surface area (Å²) in [7, 11) is 0. The Labute approximate surface area is 142 Å². The van der Waals surface area contributed by atoms with E-state index < -0.39 is 0 Å². The molecule has 1 heterocycles. The molecule has 22 heavy (non-hydrogen) atoms. The van der Waals surface area contributed by atoms with Gasteiger partial charge in [-0.1, -0.05) is 63.3 Å². The van der Waals surface area contributed by atoms with E-state index in [-0.39, 0.29) is 12.4 Å². The van der Waals surface area contributed by atoms with E-state index in [4.69, 9.17) is 0 Å². The molecule has 0 aromatic heterocycles. The Morgan fingerprint density at radius 1 is 1.05 bits per heavy atom. The number of aliphatic hydroxyl groups excluding tert-OH is 1. The zero-order chi connectivity index (χ0) is 14.9. The van der Waals surface area contributed by atoms with Crippen LogP contribution in [0.25, 0.3) is 0 Å². The summed E-state index contributed by atoms with van der Waals surface area (Å²) in [5.41, 5.74) is 2.88. The van der Waals surface area contributed by atoms with Crippen LogP contribution in [-0.2, 0) is 6.42 Å². The minimum absolute atomic E-state index is 0. The Morgan fingerprint density at radius 3 is 2.41 bits per heavy atom. The van der Waals surface area contributed by atoms with Crippen LogP contribution in [0.4, 0.5) is 0 Å². The van der Waals surface area contributed by atoms with Gasteiger partial charge in [0.1, 0.15) is 6.04 Å². The first-order chi connectivity index (χ1) is 10.3. The number of hydrogen-bond donors (Lipinski definition) is 2. The Kier molecular flexibility index (Phi) is 9.77. The molecular formula is C19H32ClNO. The summed E-state index contributed by atoms with van der Waals surface area (Å²) < 4.78 is 0. The fraction of sp³-hybridized carbons (Fsp3) is 0.684. The molecule has 0 amide bonds. The maximum Gasteiger partial charge on any atom is 0.116 e. The quantitative estimate of drug-likeness (QED) is 0.616. The molecule has 2 nitrogen and oxygen atoms in total. The fourth-order valence-corrected chi connectivity index (χ4v) is 3.52. The number of quaternary nitrogens is 1. The van der Waals surface area contributed by atoms with Gasteiger partial charge in [-0.05, 0) is 24.0 Å². The van der Waals surface area contributed by atoms with E-state index >= 15 is 0 Å². The Bertz CT molecular complexity index is 393. The van der Waals surface area contributed by atoms with E-state index in [0.717, 1.165) is 6.54 Å². The first kappa shape index (κ1) is 19.5. The Hall–Kier alpha value is -0.570. The van der Waals surface area contributed by atoms with Gasteiger partial charge in [-0.2, -0.15) is 0 Å². The lowest BCUT2D eigenvalue weighted by Crippen LogP contribution is -3.00. The Balaban J connectivity index is 0.00000242. The van der Waals surface area contributed by atoms with Gasteiger partial charge in [0.15, 0.2) is 0 Å². The molecule has 0 unspecified atom stereocenters. The van der Waals surface area contributed by atoms with Crippen molar-refractivity contribution in [2.24, 2.45) is 0 Å². The van der Waals surface area contributed by atoms with E-state index in [1.165, 1.54) is 62.5 Å². The second kappa shape index (κ2) is 11.0. The normalized spacial score (nSPS) is 20.8. The predicted molar refractivity (Wildman–Crippen MR) is 88.5 cm³/mol. The molecule has 3 N–H and O–H groups in total. The van der Waals surface area contributed by atoms with Crippen molar-refractivity contribution in [3.05, 3.63) is 35.4 Å². The second-order valence-corrected chi connectivity index (χ2v) is 6.53. The molecule has 0 saturated carbocycles. The standard InChI is InChI=1S/C19H31NO.ClH/c1-2-3-4-5-6-7-8-16-9-11-17(12-10-16)18-13-14-20-19(18)15-21;/h9-12,18-21H,2-8,13-15H2,1H3;1H/t18-,19-;/m1./s1. The molecule has 2 rings (SSSR count). The summed E-state index contributed by atoms with van der Waals surface area (Å²) >= 11 is 0. The van der Waals surface area contributed by atoms with Crippen LogP contribution < -0.4 is 17.7 Å². The molecule has 1 fully saturated rings. The Morgan fingerprint density at radius 2 is 1.73 bits per heavy atom. The van der Waals surface area contributed by atoms with Gasteiger partial charge in [-0.25, -0.2) is 0 Å². The van der Waals surface area contributed by atoms with Gasteiger partial charge < -0.3 is 22.8 Å². The van der Waals surface area contributed by atoms with Crippen molar-refractivity contribution in [1.82, 2.24) is 0 Å². The summed E-state index contributed by atoms with van der Waals surface area (Å²) in [5, 5.41) is 11.7. The van der Waals surface area contributed by atoms with Gasteiger partial charge in [0, 0.05) is 12.3 Å². The fourth-order valence-electron chi connectivity index (χ4n) is 3.52. The summed E-state index contributed by atoms with van der Waals surface area (Å²) in [4.78, 5) is 0.